The zero-order chi connectivity index (χ0) is 17.6. The Bertz CT molecular complexity index is 533. The van der Waals surface area contributed by atoms with Crippen molar-refractivity contribution in [3.05, 3.63) is 35.6 Å². The molecule has 0 saturated carbocycles. The fourth-order valence-corrected chi connectivity index (χ4v) is 3.45. The van der Waals surface area contributed by atoms with Gasteiger partial charge in [0, 0.05) is 25.1 Å². The summed E-state index contributed by atoms with van der Waals surface area (Å²) in [5.41, 5.74) is -0.0186. The number of likely N-dealkylation sites (tertiary alicyclic amines) is 1. The van der Waals surface area contributed by atoms with Crippen molar-refractivity contribution >= 4 is 5.78 Å². The summed E-state index contributed by atoms with van der Waals surface area (Å²) in [5.74, 6) is -0.254. The Morgan fingerprint density at radius 1 is 1.25 bits per heavy atom. The van der Waals surface area contributed by atoms with E-state index in [1.165, 1.54) is 12.1 Å². The molecule has 1 saturated heterocycles. The summed E-state index contributed by atoms with van der Waals surface area (Å²) in [6.07, 6.45) is 3.86. The highest BCUT2D eigenvalue weighted by Crippen LogP contribution is 2.23. The van der Waals surface area contributed by atoms with Gasteiger partial charge in [-0.15, -0.1) is 0 Å². The van der Waals surface area contributed by atoms with Crippen LogP contribution in [-0.4, -0.2) is 66.6 Å². The Balaban J connectivity index is 1.74. The van der Waals surface area contributed by atoms with Crippen LogP contribution in [0.3, 0.4) is 0 Å². The molecule has 1 aromatic rings. The Morgan fingerprint density at radius 2 is 1.96 bits per heavy atom. The van der Waals surface area contributed by atoms with E-state index in [0.717, 1.165) is 45.3 Å². The molecule has 134 valence electrons. The summed E-state index contributed by atoms with van der Waals surface area (Å²) in [6, 6.07) is 5.75. The maximum atomic E-state index is 12.9. The van der Waals surface area contributed by atoms with Crippen molar-refractivity contribution in [1.82, 2.24) is 9.80 Å². The predicted octanol–water partition coefficient (Wildman–Crippen LogP) is 2.57. The zero-order valence-corrected chi connectivity index (χ0v) is 14.8. The number of hydrogen-bond acceptors (Lipinski definition) is 4. The molecule has 1 atom stereocenters. The van der Waals surface area contributed by atoms with E-state index in [1.54, 1.807) is 12.1 Å². The van der Waals surface area contributed by atoms with Crippen LogP contribution in [0.4, 0.5) is 4.39 Å². The Morgan fingerprint density at radius 3 is 2.62 bits per heavy atom. The third-order valence-corrected chi connectivity index (χ3v) is 4.66. The highest BCUT2D eigenvalue weighted by molar-refractivity contribution is 5.95. The third kappa shape index (κ3) is 5.96. The first kappa shape index (κ1) is 19.0. The van der Waals surface area contributed by atoms with Gasteiger partial charge in [-0.1, -0.05) is 0 Å². The first-order chi connectivity index (χ1) is 11.4. The molecule has 1 fully saturated rings. The van der Waals surface area contributed by atoms with E-state index >= 15 is 0 Å². The van der Waals surface area contributed by atoms with Gasteiger partial charge in [0.1, 0.15) is 5.82 Å². The second-order valence-corrected chi connectivity index (χ2v) is 7.19. The van der Waals surface area contributed by atoms with E-state index in [2.05, 4.69) is 4.90 Å². The minimum atomic E-state index is -0.595. The number of ketones is 1. The molecular weight excluding hydrogens is 307 g/mol. The maximum absolute atomic E-state index is 12.9. The van der Waals surface area contributed by atoms with Crippen molar-refractivity contribution in [2.24, 2.45) is 0 Å². The molecule has 1 aliphatic rings. The van der Waals surface area contributed by atoms with Crippen molar-refractivity contribution in [3.63, 3.8) is 0 Å². The number of nitrogens with zero attached hydrogens (tertiary/aromatic N) is 2. The Labute approximate surface area is 144 Å². The van der Waals surface area contributed by atoms with Crippen LogP contribution in [-0.2, 0) is 0 Å². The second-order valence-electron chi connectivity index (χ2n) is 7.19. The van der Waals surface area contributed by atoms with Gasteiger partial charge in [0.15, 0.2) is 5.78 Å². The molecule has 4 nitrogen and oxygen atoms in total. The number of aliphatic hydroxyl groups is 1. The summed E-state index contributed by atoms with van der Waals surface area (Å²) >= 11 is 0. The van der Waals surface area contributed by atoms with Crippen molar-refractivity contribution in [1.29, 1.82) is 0 Å². The number of benzene rings is 1. The molecule has 0 spiro atoms. The van der Waals surface area contributed by atoms with Gasteiger partial charge in [-0.2, -0.15) is 0 Å². The molecule has 0 aromatic heterocycles. The van der Waals surface area contributed by atoms with Gasteiger partial charge in [-0.3, -0.25) is 4.79 Å². The first-order valence-corrected chi connectivity index (χ1v) is 8.76. The van der Waals surface area contributed by atoms with Gasteiger partial charge in [0.05, 0.1) is 5.60 Å². The first-order valence-electron chi connectivity index (χ1n) is 8.76. The van der Waals surface area contributed by atoms with Crippen LogP contribution < -0.4 is 0 Å². The average Bonchev–Trinajstić information content (AvgIpc) is 2.69. The number of likely N-dealkylation sites (N-methyl/N-ethyl adjacent to an activating group) is 1. The number of carbonyl (C=O) groups excluding carboxylic acids is 1. The van der Waals surface area contributed by atoms with Crippen LogP contribution in [0.15, 0.2) is 24.3 Å². The molecule has 0 bridgehead atoms. The largest absolute Gasteiger partial charge is 0.389 e. The van der Waals surface area contributed by atoms with Crippen molar-refractivity contribution < 1.29 is 14.3 Å². The Kier molecular flexibility index (Phi) is 6.90. The number of hydrogen-bond donors (Lipinski definition) is 1. The van der Waals surface area contributed by atoms with E-state index in [0.29, 0.717) is 18.5 Å². The smallest absolute Gasteiger partial charge is 0.162 e. The molecule has 1 aromatic carbocycles. The van der Waals surface area contributed by atoms with E-state index in [1.807, 2.05) is 19.0 Å². The number of Topliss-reactive ketones (excluding diaryl/α,β-unsaturated/α-hetero) is 1. The molecule has 1 aliphatic heterocycles. The highest BCUT2D eigenvalue weighted by atomic mass is 19.1. The van der Waals surface area contributed by atoms with Gasteiger partial charge in [-0.25, -0.2) is 4.39 Å². The molecule has 0 aliphatic carbocycles. The second kappa shape index (κ2) is 8.70. The van der Waals surface area contributed by atoms with Gasteiger partial charge in [0.25, 0.3) is 0 Å². The van der Waals surface area contributed by atoms with Gasteiger partial charge >= 0.3 is 0 Å². The van der Waals surface area contributed by atoms with Crippen LogP contribution in [0.1, 0.15) is 42.5 Å². The fraction of sp³-hybridized carbons (Fsp3) is 0.632. The van der Waals surface area contributed by atoms with E-state index in [9.17, 15) is 14.3 Å². The summed E-state index contributed by atoms with van der Waals surface area (Å²) in [5, 5.41) is 10.7. The molecule has 1 unspecified atom stereocenters. The molecule has 24 heavy (non-hydrogen) atoms. The summed E-state index contributed by atoms with van der Waals surface area (Å²) in [6.45, 7) is 3.41. The molecule has 1 N–H and O–H groups in total. The van der Waals surface area contributed by atoms with E-state index in [4.69, 9.17) is 0 Å². The minimum Gasteiger partial charge on any atom is -0.389 e. The summed E-state index contributed by atoms with van der Waals surface area (Å²) in [4.78, 5) is 16.5. The predicted molar refractivity (Wildman–Crippen MR) is 93.8 cm³/mol. The summed E-state index contributed by atoms with van der Waals surface area (Å²) in [7, 11) is 3.98. The number of carbonyl (C=O) groups is 1. The molecular formula is C19H29FN2O2. The molecule has 5 heteroatoms. The van der Waals surface area contributed by atoms with Crippen LogP contribution in [0.5, 0.6) is 0 Å². The molecule has 0 amide bonds. The van der Waals surface area contributed by atoms with Gasteiger partial charge < -0.3 is 14.9 Å². The number of rotatable bonds is 7. The molecule has 0 radical (unpaired) electrons. The minimum absolute atomic E-state index is 0.0638. The monoisotopic (exact) mass is 336 g/mol. The Hall–Kier alpha value is -1.30. The standard InChI is InChI=1S/C19H29FN2O2/c1-21(2)15-19(24)10-4-13-22(14-11-19)12-3-5-18(23)16-6-8-17(20)9-7-16/h6-9,24H,3-5,10-15H2,1-2H3. The van der Waals surface area contributed by atoms with E-state index < -0.39 is 5.60 Å². The van der Waals surface area contributed by atoms with Crippen LogP contribution in [0, 0.1) is 5.82 Å². The lowest BCUT2D eigenvalue weighted by atomic mass is 9.94. The number of halogens is 1. The average molecular weight is 336 g/mol. The molecule has 2 rings (SSSR count). The van der Waals surface area contributed by atoms with Crippen LogP contribution in [0.25, 0.3) is 0 Å². The van der Waals surface area contributed by atoms with Gasteiger partial charge in [0.2, 0.25) is 0 Å². The maximum Gasteiger partial charge on any atom is 0.162 e. The lowest BCUT2D eigenvalue weighted by Gasteiger charge is -2.30. The fourth-order valence-electron chi connectivity index (χ4n) is 3.45. The van der Waals surface area contributed by atoms with Crippen molar-refractivity contribution in [2.75, 3.05) is 40.3 Å². The lowest BCUT2D eigenvalue weighted by Crippen LogP contribution is -2.41. The highest BCUT2D eigenvalue weighted by Gasteiger charge is 2.30. The molecule has 1 heterocycles. The van der Waals surface area contributed by atoms with Gasteiger partial charge in [-0.05, 0) is 77.1 Å². The lowest BCUT2D eigenvalue weighted by molar-refractivity contribution is 0.00271. The normalized spacial score (nSPS) is 22.5. The van der Waals surface area contributed by atoms with Crippen molar-refractivity contribution in [3.8, 4) is 0 Å². The van der Waals surface area contributed by atoms with Crippen LogP contribution >= 0.6 is 0 Å². The van der Waals surface area contributed by atoms with Crippen molar-refractivity contribution in [2.45, 2.75) is 37.7 Å². The SMILES string of the molecule is CN(C)CC1(O)CCCN(CCCC(=O)c2ccc(F)cc2)CC1. The summed E-state index contributed by atoms with van der Waals surface area (Å²) < 4.78 is 12.9. The van der Waals surface area contributed by atoms with Crippen LogP contribution in [0.2, 0.25) is 0 Å². The van der Waals surface area contributed by atoms with E-state index in [-0.39, 0.29) is 11.6 Å². The topological polar surface area (TPSA) is 43.8 Å². The quantitative estimate of drug-likeness (QED) is 0.777. The third-order valence-electron chi connectivity index (χ3n) is 4.66. The zero-order valence-electron chi connectivity index (χ0n) is 14.8.